The Morgan fingerprint density at radius 1 is 1.50 bits per heavy atom. The molecule has 50 valence electrons. The second kappa shape index (κ2) is 1.94. The van der Waals surface area contributed by atoms with Crippen molar-refractivity contribution in [2.45, 2.75) is 0 Å². The Hall–Kier alpha value is -1.65. The molecular formula is C5H4N4O. The quantitative estimate of drug-likeness (QED) is 0.618. The summed E-state index contributed by atoms with van der Waals surface area (Å²) in [6.45, 7) is 0. The van der Waals surface area contributed by atoms with E-state index in [-0.39, 0.29) is 0 Å². The predicted octanol–water partition coefficient (Wildman–Crippen LogP) is 0.460. The molecule has 2 heterocycles. The van der Waals surface area contributed by atoms with Gasteiger partial charge in [-0.2, -0.15) is 0 Å². The summed E-state index contributed by atoms with van der Waals surface area (Å²) < 4.78 is 4.93. The van der Waals surface area contributed by atoms with Crippen molar-refractivity contribution in [3.8, 4) is 11.6 Å². The minimum absolute atomic E-state index is 0.595. The SMILES string of the molecule is c1nnc(-c2cnco2)[nH]1. The molecule has 2 aromatic heterocycles. The first-order chi connectivity index (χ1) is 4.97. The normalized spacial score (nSPS) is 10.0. The van der Waals surface area contributed by atoms with E-state index in [9.17, 15) is 0 Å². The molecule has 0 aromatic carbocycles. The van der Waals surface area contributed by atoms with Crippen LogP contribution in [0.1, 0.15) is 0 Å². The molecule has 0 radical (unpaired) electrons. The number of hydrogen-bond donors (Lipinski definition) is 1. The van der Waals surface area contributed by atoms with Crippen molar-refractivity contribution < 1.29 is 4.42 Å². The van der Waals surface area contributed by atoms with Crippen LogP contribution in [0.3, 0.4) is 0 Å². The third-order valence-corrected chi connectivity index (χ3v) is 1.08. The molecule has 0 bridgehead atoms. The standard InChI is InChI=1S/C5H4N4O/c1-4(10-3-6-1)5-7-2-8-9-5/h1-3H,(H,7,8,9). The van der Waals surface area contributed by atoms with Gasteiger partial charge in [0, 0.05) is 0 Å². The molecule has 0 aliphatic carbocycles. The highest BCUT2D eigenvalue weighted by Crippen LogP contribution is 2.10. The van der Waals surface area contributed by atoms with Gasteiger partial charge in [-0.3, -0.25) is 0 Å². The van der Waals surface area contributed by atoms with E-state index in [0.717, 1.165) is 0 Å². The maximum absolute atomic E-state index is 4.93. The van der Waals surface area contributed by atoms with Crippen LogP contribution in [0.15, 0.2) is 23.3 Å². The number of aromatic amines is 1. The first-order valence-corrected chi connectivity index (χ1v) is 2.72. The molecule has 0 unspecified atom stereocenters. The van der Waals surface area contributed by atoms with Gasteiger partial charge in [0.2, 0.25) is 0 Å². The zero-order chi connectivity index (χ0) is 6.81. The van der Waals surface area contributed by atoms with Crippen LogP contribution in [0.5, 0.6) is 0 Å². The van der Waals surface area contributed by atoms with E-state index in [1.54, 1.807) is 6.20 Å². The number of nitrogens with zero attached hydrogens (tertiary/aromatic N) is 3. The second-order valence-electron chi connectivity index (χ2n) is 1.70. The summed E-state index contributed by atoms with van der Waals surface area (Å²) >= 11 is 0. The maximum Gasteiger partial charge on any atom is 0.198 e. The molecule has 2 rings (SSSR count). The van der Waals surface area contributed by atoms with Crippen molar-refractivity contribution in [2.75, 3.05) is 0 Å². The number of oxazole rings is 1. The molecule has 10 heavy (non-hydrogen) atoms. The van der Waals surface area contributed by atoms with Crippen LogP contribution in [-0.4, -0.2) is 20.2 Å². The summed E-state index contributed by atoms with van der Waals surface area (Å²) in [7, 11) is 0. The van der Waals surface area contributed by atoms with Gasteiger partial charge < -0.3 is 9.40 Å². The van der Waals surface area contributed by atoms with E-state index in [2.05, 4.69) is 20.2 Å². The monoisotopic (exact) mass is 136 g/mol. The lowest BCUT2D eigenvalue weighted by molar-refractivity contribution is 0.567. The van der Waals surface area contributed by atoms with Gasteiger partial charge in [0.1, 0.15) is 6.33 Å². The van der Waals surface area contributed by atoms with Gasteiger partial charge in [-0.1, -0.05) is 0 Å². The molecule has 0 atom stereocenters. The van der Waals surface area contributed by atoms with Crippen molar-refractivity contribution in [1.82, 2.24) is 20.2 Å². The third kappa shape index (κ3) is 0.680. The lowest BCUT2D eigenvalue weighted by Gasteiger charge is -1.81. The van der Waals surface area contributed by atoms with E-state index in [1.165, 1.54) is 12.7 Å². The van der Waals surface area contributed by atoms with E-state index in [4.69, 9.17) is 4.42 Å². The van der Waals surface area contributed by atoms with Crippen LogP contribution in [0.4, 0.5) is 0 Å². The van der Waals surface area contributed by atoms with Crippen molar-refractivity contribution in [3.05, 3.63) is 18.9 Å². The first-order valence-electron chi connectivity index (χ1n) is 2.72. The number of rotatable bonds is 1. The van der Waals surface area contributed by atoms with Gasteiger partial charge in [-0.15, -0.1) is 10.2 Å². The molecule has 0 saturated heterocycles. The van der Waals surface area contributed by atoms with Gasteiger partial charge in [0.15, 0.2) is 18.0 Å². The molecule has 5 nitrogen and oxygen atoms in total. The number of H-pyrrole nitrogens is 1. The van der Waals surface area contributed by atoms with E-state index >= 15 is 0 Å². The van der Waals surface area contributed by atoms with E-state index < -0.39 is 0 Å². The van der Waals surface area contributed by atoms with Crippen molar-refractivity contribution in [3.63, 3.8) is 0 Å². The summed E-state index contributed by atoms with van der Waals surface area (Å²) in [5.74, 6) is 1.19. The first kappa shape index (κ1) is 5.16. The Morgan fingerprint density at radius 2 is 2.50 bits per heavy atom. The Kier molecular flexibility index (Phi) is 1.00. The zero-order valence-electron chi connectivity index (χ0n) is 4.98. The summed E-state index contributed by atoms with van der Waals surface area (Å²) in [4.78, 5) is 6.51. The van der Waals surface area contributed by atoms with Crippen LogP contribution in [0.2, 0.25) is 0 Å². The smallest absolute Gasteiger partial charge is 0.198 e. The Labute approximate surface area is 56.1 Å². The van der Waals surface area contributed by atoms with Gasteiger partial charge in [0.25, 0.3) is 0 Å². The third-order valence-electron chi connectivity index (χ3n) is 1.08. The van der Waals surface area contributed by atoms with Crippen molar-refractivity contribution in [1.29, 1.82) is 0 Å². The molecule has 1 N–H and O–H groups in total. The summed E-state index contributed by atoms with van der Waals surface area (Å²) in [5.41, 5.74) is 0. The molecule has 0 aliphatic heterocycles. The molecule has 0 fully saturated rings. The zero-order valence-corrected chi connectivity index (χ0v) is 4.98. The van der Waals surface area contributed by atoms with Crippen molar-refractivity contribution >= 4 is 0 Å². The molecule has 0 spiro atoms. The topological polar surface area (TPSA) is 67.6 Å². The van der Waals surface area contributed by atoms with Gasteiger partial charge >= 0.3 is 0 Å². The highest BCUT2D eigenvalue weighted by atomic mass is 16.3. The summed E-state index contributed by atoms with van der Waals surface area (Å²) in [5, 5.41) is 7.30. The largest absolute Gasteiger partial charge is 0.440 e. The second-order valence-corrected chi connectivity index (χ2v) is 1.70. The Bertz CT molecular complexity index is 253. The fraction of sp³-hybridized carbons (Fsp3) is 0. The van der Waals surface area contributed by atoms with Crippen LogP contribution in [0.25, 0.3) is 11.6 Å². The fourth-order valence-corrected chi connectivity index (χ4v) is 0.659. The van der Waals surface area contributed by atoms with Crippen molar-refractivity contribution in [2.24, 2.45) is 0 Å². The fourth-order valence-electron chi connectivity index (χ4n) is 0.659. The Morgan fingerprint density at radius 3 is 3.10 bits per heavy atom. The highest BCUT2D eigenvalue weighted by molar-refractivity contribution is 5.42. The molecular weight excluding hydrogens is 132 g/mol. The molecule has 0 amide bonds. The van der Waals surface area contributed by atoms with Gasteiger partial charge in [-0.05, 0) is 0 Å². The van der Waals surface area contributed by atoms with E-state index in [1.807, 2.05) is 0 Å². The number of aromatic nitrogens is 4. The molecule has 5 heteroatoms. The minimum Gasteiger partial charge on any atom is -0.440 e. The lowest BCUT2D eigenvalue weighted by atomic mass is 10.5. The summed E-state index contributed by atoms with van der Waals surface area (Å²) in [6.07, 6.45) is 4.40. The molecule has 0 aliphatic rings. The average Bonchev–Trinajstić information content (AvgIpc) is 2.59. The average molecular weight is 136 g/mol. The van der Waals surface area contributed by atoms with E-state index in [0.29, 0.717) is 11.6 Å². The lowest BCUT2D eigenvalue weighted by Crippen LogP contribution is -1.74. The van der Waals surface area contributed by atoms with Crippen LogP contribution in [-0.2, 0) is 0 Å². The molecule has 0 saturated carbocycles. The predicted molar refractivity (Wildman–Crippen MR) is 31.9 cm³/mol. The maximum atomic E-state index is 4.93. The van der Waals surface area contributed by atoms with Gasteiger partial charge in [-0.25, -0.2) is 4.98 Å². The van der Waals surface area contributed by atoms with Crippen LogP contribution < -0.4 is 0 Å². The highest BCUT2D eigenvalue weighted by Gasteiger charge is 2.01. The van der Waals surface area contributed by atoms with Crippen LogP contribution >= 0.6 is 0 Å². The Balaban J connectivity index is 2.48. The number of hydrogen-bond acceptors (Lipinski definition) is 4. The summed E-state index contributed by atoms with van der Waals surface area (Å²) in [6, 6.07) is 0. The number of nitrogens with one attached hydrogen (secondary N) is 1. The van der Waals surface area contributed by atoms with Gasteiger partial charge in [0.05, 0.1) is 6.20 Å². The molecule has 2 aromatic rings. The minimum atomic E-state index is 0.595. The van der Waals surface area contributed by atoms with Crippen LogP contribution in [0, 0.1) is 0 Å².